The Hall–Kier alpha value is -0.110. The molecule has 0 spiro atoms. The summed E-state index contributed by atoms with van der Waals surface area (Å²) in [5.74, 6) is 0. The molecule has 2 unspecified atom stereocenters. The van der Waals surface area contributed by atoms with Gasteiger partial charge < -0.3 is 14.0 Å². The Bertz CT molecular complexity index is 252. The van der Waals surface area contributed by atoms with Crippen molar-refractivity contribution in [3.8, 4) is 0 Å². The number of nitrogens with zero attached hydrogens (tertiary/aromatic N) is 1. The third kappa shape index (κ3) is 2.43. The summed E-state index contributed by atoms with van der Waals surface area (Å²) in [4.78, 5) is 0. The lowest BCUT2D eigenvalue weighted by Crippen LogP contribution is -2.18. The maximum atomic E-state index is 5.41. The summed E-state index contributed by atoms with van der Waals surface area (Å²) in [6.45, 7) is 0.899. The van der Waals surface area contributed by atoms with Crippen LogP contribution >= 0.6 is 23.0 Å². The van der Waals surface area contributed by atoms with Gasteiger partial charge in [-0.2, -0.15) is 0 Å². The lowest BCUT2D eigenvalue weighted by Gasteiger charge is -2.09. The molecule has 1 aliphatic heterocycles. The van der Waals surface area contributed by atoms with Gasteiger partial charge in [0.2, 0.25) is 0 Å². The van der Waals surface area contributed by atoms with Gasteiger partial charge in [0.1, 0.15) is 29.1 Å². The number of halogens is 1. The average molecular weight is 295 g/mol. The van der Waals surface area contributed by atoms with E-state index >= 15 is 0 Å². The predicted molar refractivity (Wildman–Crippen MR) is 54.2 cm³/mol. The second-order valence-electron chi connectivity index (χ2n) is 2.85. The third-order valence-corrected chi connectivity index (χ3v) is 2.29. The summed E-state index contributed by atoms with van der Waals surface area (Å²) in [6.07, 6.45) is 4.09. The first kappa shape index (κ1) is 9.45. The van der Waals surface area contributed by atoms with E-state index in [4.69, 9.17) is 12.5 Å². The molecule has 1 aromatic heterocycles. The molecule has 5 heteroatoms. The van der Waals surface area contributed by atoms with Crippen molar-refractivity contribution >= 4 is 23.0 Å². The van der Waals surface area contributed by atoms with Crippen LogP contribution in [0.4, 0.5) is 0 Å². The van der Waals surface area contributed by atoms with Crippen molar-refractivity contribution in [3.63, 3.8) is 0 Å². The maximum Gasteiger partial charge on any atom is 0.281 e. The molecule has 2 atom stereocenters. The second-order valence-corrected chi connectivity index (χ2v) is 3.36. The fraction of sp³-hybridized carbons (Fsp3) is 0.500. The van der Waals surface area contributed by atoms with E-state index in [0.29, 0.717) is 6.61 Å². The zero-order valence-electron chi connectivity index (χ0n) is 6.93. The van der Waals surface area contributed by atoms with Gasteiger partial charge in [-0.1, -0.05) is 0 Å². The lowest BCUT2D eigenvalue weighted by atomic mass is 10.4. The molecule has 2 rings (SSSR count). The van der Waals surface area contributed by atoms with Crippen LogP contribution in [0.15, 0.2) is 24.5 Å². The number of aromatic nitrogens is 1. The van der Waals surface area contributed by atoms with Crippen LogP contribution in [0.5, 0.6) is 0 Å². The summed E-state index contributed by atoms with van der Waals surface area (Å²) in [7, 11) is 0. The van der Waals surface area contributed by atoms with E-state index in [9.17, 15) is 0 Å². The van der Waals surface area contributed by atoms with E-state index in [2.05, 4.69) is 4.57 Å². The van der Waals surface area contributed by atoms with E-state index in [1.807, 2.05) is 24.5 Å². The monoisotopic (exact) mass is 295 g/mol. The van der Waals surface area contributed by atoms with E-state index in [0.717, 1.165) is 6.54 Å². The Morgan fingerprint density at radius 3 is 2.85 bits per heavy atom. The molecule has 0 aromatic carbocycles. The van der Waals surface area contributed by atoms with Gasteiger partial charge in [-0.05, 0) is 12.1 Å². The fourth-order valence-electron chi connectivity index (χ4n) is 1.29. The van der Waals surface area contributed by atoms with Crippen LogP contribution in [-0.4, -0.2) is 23.8 Å². The summed E-state index contributed by atoms with van der Waals surface area (Å²) >= 11 is 1.77. The van der Waals surface area contributed by atoms with Gasteiger partial charge in [-0.15, -0.1) is 0 Å². The highest BCUT2D eigenvalue weighted by molar-refractivity contribution is 14.1. The second kappa shape index (κ2) is 4.41. The van der Waals surface area contributed by atoms with E-state index < -0.39 is 6.48 Å². The minimum absolute atomic E-state index is 0.0900. The smallest absolute Gasteiger partial charge is 0.281 e. The molecule has 2 heterocycles. The lowest BCUT2D eigenvalue weighted by molar-refractivity contribution is -0.166. The largest absolute Gasteiger partial charge is 0.352 e. The van der Waals surface area contributed by atoms with Crippen LogP contribution < -0.4 is 0 Å². The number of hydrogen-bond donors (Lipinski definition) is 0. The van der Waals surface area contributed by atoms with E-state index in [1.165, 1.54) is 0 Å². The number of hydrogen-bond acceptors (Lipinski definition) is 3. The summed E-state index contributed by atoms with van der Waals surface area (Å²) < 4.78 is 17.5. The Kier molecular flexibility index (Phi) is 3.20. The molecule has 0 amide bonds. The number of ether oxygens (including phenoxy) is 2. The fourth-order valence-corrected chi connectivity index (χ4v) is 1.56. The highest BCUT2D eigenvalue weighted by Gasteiger charge is 2.26. The Morgan fingerprint density at radius 2 is 2.23 bits per heavy atom. The van der Waals surface area contributed by atoms with Crippen molar-refractivity contribution in [3.05, 3.63) is 24.5 Å². The van der Waals surface area contributed by atoms with Gasteiger partial charge in [-0.3, -0.25) is 3.07 Å². The molecule has 0 bridgehead atoms. The topological polar surface area (TPSA) is 32.6 Å². The van der Waals surface area contributed by atoms with Gasteiger partial charge in [0, 0.05) is 12.4 Å². The summed E-state index contributed by atoms with van der Waals surface area (Å²) in [5.41, 5.74) is 0. The Labute approximate surface area is 90.5 Å². The van der Waals surface area contributed by atoms with Gasteiger partial charge in [-0.25, -0.2) is 0 Å². The van der Waals surface area contributed by atoms with Crippen molar-refractivity contribution in [2.75, 3.05) is 6.61 Å². The SMILES string of the molecule is IOC1OCC(Cn2cccc2)O1. The molecular weight excluding hydrogens is 285 g/mol. The molecule has 4 nitrogen and oxygen atoms in total. The predicted octanol–water partition coefficient (Wildman–Crippen LogP) is 1.55. The highest BCUT2D eigenvalue weighted by atomic mass is 127. The van der Waals surface area contributed by atoms with Crippen LogP contribution in [0.1, 0.15) is 0 Å². The standard InChI is InChI=1S/C8H10INO3/c9-13-8-11-6-7(12-8)5-10-3-1-2-4-10/h1-4,7-8H,5-6H2. The maximum absolute atomic E-state index is 5.41. The summed E-state index contributed by atoms with van der Waals surface area (Å²) in [6, 6.07) is 3.98. The van der Waals surface area contributed by atoms with Crippen molar-refractivity contribution in [1.29, 1.82) is 0 Å². The normalized spacial score (nSPS) is 28.1. The van der Waals surface area contributed by atoms with Gasteiger partial charge in [0.05, 0.1) is 13.2 Å². The first-order chi connectivity index (χ1) is 6.38. The Balaban J connectivity index is 1.84. The number of rotatable bonds is 3. The van der Waals surface area contributed by atoms with Crippen molar-refractivity contribution in [2.45, 2.75) is 19.1 Å². The first-order valence-electron chi connectivity index (χ1n) is 4.03. The third-order valence-electron chi connectivity index (χ3n) is 1.88. The molecule has 1 aromatic rings. The van der Waals surface area contributed by atoms with E-state index in [-0.39, 0.29) is 6.10 Å². The minimum Gasteiger partial charge on any atom is -0.352 e. The quantitative estimate of drug-likeness (QED) is 0.793. The van der Waals surface area contributed by atoms with Gasteiger partial charge >= 0.3 is 0 Å². The van der Waals surface area contributed by atoms with Crippen molar-refractivity contribution in [2.24, 2.45) is 0 Å². The van der Waals surface area contributed by atoms with E-state index in [1.54, 1.807) is 23.0 Å². The molecular formula is C8H10INO3. The highest BCUT2D eigenvalue weighted by Crippen LogP contribution is 2.16. The van der Waals surface area contributed by atoms with Gasteiger partial charge in [0.25, 0.3) is 6.48 Å². The molecule has 72 valence electrons. The molecule has 0 aliphatic carbocycles. The zero-order valence-corrected chi connectivity index (χ0v) is 9.09. The molecule has 0 N–H and O–H groups in total. The van der Waals surface area contributed by atoms with Crippen LogP contribution in [0.25, 0.3) is 0 Å². The molecule has 1 saturated heterocycles. The van der Waals surface area contributed by atoms with Crippen LogP contribution in [0.2, 0.25) is 0 Å². The average Bonchev–Trinajstić information content (AvgIpc) is 2.76. The van der Waals surface area contributed by atoms with Crippen LogP contribution in [0, 0.1) is 0 Å². The van der Waals surface area contributed by atoms with Crippen LogP contribution in [0.3, 0.4) is 0 Å². The van der Waals surface area contributed by atoms with Gasteiger partial charge in [0.15, 0.2) is 0 Å². The summed E-state index contributed by atoms with van der Waals surface area (Å²) in [5, 5.41) is 0. The first-order valence-corrected chi connectivity index (χ1v) is 4.92. The molecule has 1 fully saturated rings. The van der Waals surface area contributed by atoms with Crippen molar-refractivity contribution in [1.82, 2.24) is 4.57 Å². The molecule has 13 heavy (non-hydrogen) atoms. The zero-order chi connectivity index (χ0) is 9.10. The molecule has 0 saturated carbocycles. The molecule has 0 radical (unpaired) electrons. The molecule has 1 aliphatic rings. The minimum atomic E-state index is -0.499. The van der Waals surface area contributed by atoms with Crippen LogP contribution in [-0.2, 0) is 19.1 Å². The Morgan fingerprint density at radius 1 is 1.46 bits per heavy atom. The van der Waals surface area contributed by atoms with Crippen molar-refractivity contribution < 1.29 is 12.5 Å².